The molecule has 1 aromatic carbocycles. The summed E-state index contributed by atoms with van der Waals surface area (Å²) in [5.41, 5.74) is 14.7. The first-order chi connectivity index (χ1) is 10.6. The molecule has 7 heteroatoms. The fourth-order valence-electron chi connectivity index (χ4n) is 2.29. The van der Waals surface area contributed by atoms with Crippen LogP contribution in [-0.2, 0) is 0 Å². The van der Waals surface area contributed by atoms with Crippen LogP contribution in [0.15, 0.2) is 45.9 Å². The van der Waals surface area contributed by atoms with Crippen LogP contribution in [0.5, 0.6) is 0 Å². The van der Waals surface area contributed by atoms with Crippen LogP contribution in [0.4, 0.5) is 0 Å². The van der Waals surface area contributed by atoms with Crippen molar-refractivity contribution in [3.05, 3.63) is 52.1 Å². The number of hydrogen-bond donors (Lipinski definition) is 4. The third kappa shape index (κ3) is 2.68. The summed E-state index contributed by atoms with van der Waals surface area (Å²) in [5, 5.41) is 3.04. The maximum atomic E-state index is 11.7. The number of H-pyrrole nitrogens is 1. The molecule has 0 spiro atoms. The molecule has 6 nitrogen and oxygen atoms in total. The lowest BCUT2D eigenvalue weighted by Gasteiger charge is -2.18. The summed E-state index contributed by atoms with van der Waals surface area (Å²) in [4.78, 5) is 19.0. The summed E-state index contributed by atoms with van der Waals surface area (Å²) < 4.78 is 0.742. The maximum absolute atomic E-state index is 11.7. The van der Waals surface area contributed by atoms with Gasteiger partial charge in [-0.3, -0.25) is 15.5 Å². The van der Waals surface area contributed by atoms with Gasteiger partial charge in [0.25, 0.3) is 5.91 Å². The average Bonchev–Trinajstić information content (AvgIpc) is 2.96. The highest BCUT2D eigenvalue weighted by atomic mass is 79.9. The Balaban J connectivity index is 2.12. The molecule has 112 valence electrons. The number of allylic oxidation sites excluding steroid dienone is 1. The molecule has 3 rings (SSSR count). The zero-order chi connectivity index (χ0) is 15.7. The van der Waals surface area contributed by atoms with E-state index in [0.717, 1.165) is 15.7 Å². The number of carbonyl (C=O) groups excluding carboxylic acids is 1. The number of halogens is 1. The molecule has 2 heterocycles. The predicted molar refractivity (Wildman–Crippen MR) is 90.2 cm³/mol. The number of rotatable bonds is 3. The standard InChI is InChI=1S/C15H14BrN5O/c16-10-7-19-15(18)21-13(10)11-6-9(14(17)22)12(20-11)8-4-2-1-3-5-8/h1-7,15,20-21H,18H2,(H2,17,22). The Labute approximate surface area is 135 Å². The van der Waals surface area contributed by atoms with Crippen LogP contribution >= 0.6 is 15.9 Å². The van der Waals surface area contributed by atoms with Crippen LogP contribution in [0, 0.1) is 0 Å². The Morgan fingerprint density at radius 3 is 2.68 bits per heavy atom. The van der Waals surface area contributed by atoms with E-state index in [0.29, 0.717) is 17.0 Å². The topological polar surface area (TPSA) is 109 Å². The minimum Gasteiger partial charge on any atom is -0.366 e. The highest BCUT2D eigenvalue weighted by Crippen LogP contribution is 2.28. The van der Waals surface area contributed by atoms with E-state index in [2.05, 4.69) is 31.2 Å². The van der Waals surface area contributed by atoms with Gasteiger partial charge in [0.05, 0.1) is 27.1 Å². The third-order valence-corrected chi connectivity index (χ3v) is 3.90. The van der Waals surface area contributed by atoms with Gasteiger partial charge in [0, 0.05) is 6.21 Å². The van der Waals surface area contributed by atoms with Crippen molar-refractivity contribution >= 4 is 33.7 Å². The van der Waals surface area contributed by atoms with Crippen LogP contribution in [0.2, 0.25) is 0 Å². The molecule has 1 aliphatic rings. The summed E-state index contributed by atoms with van der Waals surface area (Å²) >= 11 is 3.42. The summed E-state index contributed by atoms with van der Waals surface area (Å²) in [6.45, 7) is 0. The molecule has 1 amide bonds. The SMILES string of the molecule is NC(=O)c1cc(C2=C(Br)C=NC(N)N2)[nH]c1-c1ccccc1. The van der Waals surface area contributed by atoms with Gasteiger partial charge < -0.3 is 16.0 Å². The highest BCUT2D eigenvalue weighted by molar-refractivity contribution is 9.12. The number of amides is 1. The van der Waals surface area contributed by atoms with Gasteiger partial charge in [-0.15, -0.1) is 0 Å². The summed E-state index contributed by atoms with van der Waals surface area (Å²) in [5.74, 6) is -0.494. The summed E-state index contributed by atoms with van der Waals surface area (Å²) in [6, 6.07) is 11.2. The first-order valence-corrected chi connectivity index (χ1v) is 7.39. The van der Waals surface area contributed by atoms with Crippen molar-refractivity contribution in [1.29, 1.82) is 0 Å². The van der Waals surface area contributed by atoms with E-state index in [1.807, 2.05) is 30.3 Å². The lowest BCUT2D eigenvalue weighted by atomic mass is 10.1. The van der Waals surface area contributed by atoms with Crippen LogP contribution in [0.1, 0.15) is 16.1 Å². The lowest BCUT2D eigenvalue weighted by molar-refractivity contribution is 0.100. The second-order valence-electron chi connectivity index (χ2n) is 4.79. The summed E-state index contributed by atoms with van der Waals surface area (Å²) in [6.07, 6.45) is 1.10. The fourth-order valence-corrected chi connectivity index (χ4v) is 2.73. The Bertz CT molecular complexity index is 778. The van der Waals surface area contributed by atoms with Gasteiger partial charge in [-0.1, -0.05) is 30.3 Å². The van der Waals surface area contributed by atoms with E-state index in [1.54, 1.807) is 12.3 Å². The maximum Gasteiger partial charge on any atom is 0.250 e. The van der Waals surface area contributed by atoms with Gasteiger partial charge in [-0.05, 0) is 27.6 Å². The molecule has 1 aromatic heterocycles. The van der Waals surface area contributed by atoms with Crippen LogP contribution in [-0.4, -0.2) is 23.4 Å². The number of carbonyl (C=O) groups is 1. The average molecular weight is 360 g/mol. The molecule has 0 radical (unpaired) electrons. The zero-order valence-corrected chi connectivity index (χ0v) is 13.1. The minimum absolute atomic E-state index is 0.423. The third-order valence-electron chi connectivity index (χ3n) is 3.29. The van der Waals surface area contributed by atoms with Crippen LogP contribution < -0.4 is 16.8 Å². The van der Waals surface area contributed by atoms with E-state index >= 15 is 0 Å². The van der Waals surface area contributed by atoms with Gasteiger partial charge in [-0.25, -0.2) is 0 Å². The number of primary amides is 1. The van der Waals surface area contributed by atoms with Crippen molar-refractivity contribution in [1.82, 2.24) is 10.3 Å². The van der Waals surface area contributed by atoms with E-state index in [-0.39, 0.29) is 0 Å². The molecule has 1 unspecified atom stereocenters. The molecule has 0 bridgehead atoms. The molecule has 22 heavy (non-hydrogen) atoms. The van der Waals surface area contributed by atoms with Crippen molar-refractivity contribution in [2.45, 2.75) is 6.29 Å². The number of benzene rings is 1. The molecule has 0 saturated heterocycles. The molecule has 0 saturated carbocycles. The van der Waals surface area contributed by atoms with Crippen molar-refractivity contribution in [3.63, 3.8) is 0 Å². The van der Waals surface area contributed by atoms with E-state index in [4.69, 9.17) is 11.5 Å². The van der Waals surface area contributed by atoms with Crippen molar-refractivity contribution in [3.8, 4) is 11.3 Å². The number of aromatic nitrogens is 1. The number of aliphatic imine (C=N–C) groups is 1. The molecule has 0 aliphatic carbocycles. The van der Waals surface area contributed by atoms with Crippen LogP contribution in [0.25, 0.3) is 17.0 Å². The first-order valence-electron chi connectivity index (χ1n) is 6.60. The van der Waals surface area contributed by atoms with Crippen molar-refractivity contribution in [2.75, 3.05) is 0 Å². The quantitative estimate of drug-likeness (QED) is 0.670. The normalized spacial score (nSPS) is 17.5. The molecule has 0 fully saturated rings. The molecular formula is C15H14BrN5O. The smallest absolute Gasteiger partial charge is 0.250 e. The van der Waals surface area contributed by atoms with Crippen molar-refractivity contribution in [2.24, 2.45) is 16.5 Å². The van der Waals surface area contributed by atoms with Crippen molar-refractivity contribution < 1.29 is 4.79 Å². The summed E-state index contributed by atoms with van der Waals surface area (Å²) in [7, 11) is 0. The first kappa shape index (κ1) is 14.6. The largest absolute Gasteiger partial charge is 0.366 e. The molecular weight excluding hydrogens is 346 g/mol. The monoisotopic (exact) mass is 359 g/mol. The Kier molecular flexibility index (Phi) is 3.82. The van der Waals surface area contributed by atoms with Crippen LogP contribution in [0.3, 0.4) is 0 Å². The second kappa shape index (κ2) is 5.78. The predicted octanol–water partition coefficient (Wildman–Crippen LogP) is 1.76. The number of nitrogens with zero attached hydrogens (tertiary/aromatic N) is 1. The number of nitrogens with two attached hydrogens (primary N) is 2. The molecule has 2 aromatic rings. The lowest BCUT2D eigenvalue weighted by Crippen LogP contribution is -2.37. The van der Waals surface area contributed by atoms with Gasteiger partial charge in [0.1, 0.15) is 0 Å². The molecule has 6 N–H and O–H groups in total. The highest BCUT2D eigenvalue weighted by Gasteiger charge is 2.20. The fraction of sp³-hybridized carbons (Fsp3) is 0.0667. The Hall–Kier alpha value is -2.38. The van der Waals surface area contributed by atoms with Gasteiger partial charge in [-0.2, -0.15) is 0 Å². The van der Waals surface area contributed by atoms with E-state index in [9.17, 15) is 4.79 Å². The minimum atomic E-state index is -0.531. The van der Waals surface area contributed by atoms with Gasteiger partial charge in [0.2, 0.25) is 0 Å². The Morgan fingerprint density at radius 1 is 1.27 bits per heavy atom. The van der Waals surface area contributed by atoms with Gasteiger partial charge in [0.15, 0.2) is 6.29 Å². The number of hydrogen-bond acceptors (Lipinski definition) is 4. The van der Waals surface area contributed by atoms with Gasteiger partial charge >= 0.3 is 0 Å². The van der Waals surface area contributed by atoms with E-state index in [1.165, 1.54) is 0 Å². The van der Waals surface area contributed by atoms with E-state index < -0.39 is 12.2 Å². The number of nitrogens with one attached hydrogen (secondary N) is 2. The molecule has 1 atom stereocenters. The Morgan fingerprint density at radius 2 is 2.00 bits per heavy atom. The molecule has 1 aliphatic heterocycles. The second-order valence-corrected chi connectivity index (χ2v) is 5.65. The number of aromatic amines is 1. The zero-order valence-electron chi connectivity index (χ0n) is 11.5.